The topological polar surface area (TPSA) is 15.3 Å². The second-order valence-electron chi connectivity index (χ2n) is 6.56. The van der Waals surface area contributed by atoms with E-state index in [-0.39, 0.29) is 0 Å². The molecule has 2 nitrogen and oxygen atoms in total. The molecule has 0 fully saturated rings. The number of nitrogens with zero attached hydrogens (tertiary/aromatic N) is 1. The summed E-state index contributed by atoms with van der Waals surface area (Å²) >= 11 is 0. The number of nitrogens with one attached hydrogen (secondary N) is 1. The summed E-state index contributed by atoms with van der Waals surface area (Å²) in [5, 5.41) is 7.98. The van der Waals surface area contributed by atoms with Crippen molar-refractivity contribution in [1.82, 2.24) is 9.53 Å². The number of rotatable bonds is 8. The maximum atomic E-state index is 3.81. The molecular weight excluding hydrogens is 366 g/mol. The van der Waals surface area contributed by atoms with Crippen LogP contribution in [0.2, 0.25) is 0 Å². The van der Waals surface area contributed by atoms with Crippen LogP contribution < -0.4 is 21.0 Å². The monoisotopic (exact) mass is 394 g/mol. The molecule has 3 rings (SSSR count). The SMILES string of the molecule is CCNP(c1ccccc1)N(C(C)C)P(c1ccccc1)c1ccccc1. The molecule has 0 aliphatic heterocycles. The molecule has 0 aromatic heterocycles. The maximum Gasteiger partial charge on any atom is 0.0741 e. The van der Waals surface area contributed by atoms with Gasteiger partial charge in [0.25, 0.3) is 0 Å². The molecule has 0 aliphatic carbocycles. The molecule has 0 bridgehead atoms. The summed E-state index contributed by atoms with van der Waals surface area (Å²) in [5.74, 6) is 0. The third kappa shape index (κ3) is 5.03. The summed E-state index contributed by atoms with van der Waals surface area (Å²) in [6.07, 6.45) is 0. The van der Waals surface area contributed by atoms with Gasteiger partial charge in [-0.05, 0) is 31.0 Å². The lowest BCUT2D eigenvalue weighted by Crippen LogP contribution is -2.36. The minimum absolute atomic E-state index is 0.418. The highest BCUT2D eigenvalue weighted by Gasteiger charge is 2.32. The van der Waals surface area contributed by atoms with Crippen molar-refractivity contribution < 1.29 is 0 Å². The van der Waals surface area contributed by atoms with Crippen molar-refractivity contribution in [3.63, 3.8) is 0 Å². The summed E-state index contributed by atoms with van der Waals surface area (Å²) in [6.45, 7) is 7.79. The van der Waals surface area contributed by atoms with Gasteiger partial charge in [-0.2, -0.15) is 0 Å². The fourth-order valence-electron chi connectivity index (χ4n) is 3.08. The van der Waals surface area contributed by atoms with Gasteiger partial charge in [-0.1, -0.05) is 97.9 Å². The molecule has 0 spiro atoms. The van der Waals surface area contributed by atoms with Crippen molar-refractivity contribution in [3.8, 4) is 0 Å². The number of hydrogen-bond acceptors (Lipinski definition) is 2. The lowest BCUT2D eigenvalue weighted by Gasteiger charge is -2.41. The van der Waals surface area contributed by atoms with Gasteiger partial charge in [-0.25, -0.2) is 4.44 Å². The summed E-state index contributed by atoms with van der Waals surface area (Å²) in [6, 6.07) is 33.3. The van der Waals surface area contributed by atoms with Gasteiger partial charge in [0.1, 0.15) is 0 Å². The van der Waals surface area contributed by atoms with Crippen molar-refractivity contribution in [1.29, 1.82) is 0 Å². The van der Waals surface area contributed by atoms with Gasteiger partial charge >= 0.3 is 0 Å². The minimum Gasteiger partial charge on any atom is -0.280 e. The Balaban J connectivity index is 2.12. The lowest BCUT2D eigenvalue weighted by molar-refractivity contribution is 0.573. The van der Waals surface area contributed by atoms with E-state index in [9.17, 15) is 0 Å². The third-order valence-corrected chi connectivity index (χ3v) is 9.98. The second kappa shape index (κ2) is 10.1. The average Bonchev–Trinajstić information content (AvgIpc) is 2.72. The zero-order valence-electron chi connectivity index (χ0n) is 16.3. The highest BCUT2D eigenvalue weighted by molar-refractivity contribution is 7.81. The number of hydrogen-bond donors (Lipinski definition) is 1. The summed E-state index contributed by atoms with van der Waals surface area (Å²) in [4.78, 5) is 0. The second-order valence-corrected chi connectivity index (χ2v) is 10.8. The van der Waals surface area contributed by atoms with Crippen LogP contribution in [0, 0.1) is 0 Å². The Kier molecular flexibility index (Phi) is 7.56. The van der Waals surface area contributed by atoms with Gasteiger partial charge in [0.05, 0.1) is 8.22 Å². The Bertz CT molecular complexity index is 755. The fourth-order valence-corrected chi connectivity index (χ4v) is 8.83. The van der Waals surface area contributed by atoms with E-state index >= 15 is 0 Å². The first-order valence-electron chi connectivity index (χ1n) is 9.50. The molecule has 0 radical (unpaired) electrons. The Morgan fingerprint density at radius 3 is 1.48 bits per heavy atom. The van der Waals surface area contributed by atoms with Crippen LogP contribution in [0.3, 0.4) is 0 Å². The molecule has 1 unspecified atom stereocenters. The molecular formula is C23H28N2P2. The van der Waals surface area contributed by atoms with E-state index in [1.54, 1.807) is 0 Å². The molecule has 3 aromatic rings. The molecule has 0 saturated heterocycles. The Morgan fingerprint density at radius 1 is 0.704 bits per heavy atom. The molecule has 0 amide bonds. The highest BCUT2D eigenvalue weighted by Crippen LogP contribution is 2.54. The summed E-state index contributed by atoms with van der Waals surface area (Å²) in [5.41, 5.74) is 0. The fraction of sp³-hybridized carbons (Fsp3) is 0.217. The van der Waals surface area contributed by atoms with Crippen LogP contribution in [0.25, 0.3) is 0 Å². The maximum absolute atomic E-state index is 3.81. The summed E-state index contributed by atoms with van der Waals surface area (Å²) < 4.78 is 2.72. The lowest BCUT2D eigenvalue weighted by atomic mass is 10.4. The van der Waals surface area contributed by atoms with Crippen molar-refractivity contribution in [3.05, 3.63) is 91.0 Å². The predicted molar refractivity (Wildman–Crippen MR) is 123 cm³/mol. The van der Waals surface area contributed by atoms with E-state index in [1.165, 1.54) is 15.9 Å². The van der Waals surface area contributed by atoms with Crippen molar-refractivity contribution in [2.75, 3.05) is 6.54 Å². The molecule has 0 aliphatic rings. The van der Waals surface area contributed by atoms with E-state index in [4.69, 9.17) is 0 Å². The summed E-state index contributed by atoms with van der Waals surface area (Å²) in [7, 11) is -1.26. The van der Waals surface area contributed by atoms with Crippen LogP contribution in [0.5, 0.6) is 0 Å². The Labute approximate surface area is 166 Å². The number of benzene rings is 3. The van der Waals surface area contributed by atoms with E-state index in [2.05, 4.69) is 121 Å². The molecule has 0 saturated carbocycles. The standard InChI is InChI=1S/C23H28N2P2/c1-4-24-27(23-18-12-7-13-19-23)25(20(2)3)26(21-14-8-5-9-15-21)22-16-10-6-11-17-22/h5-20,24H,4H2,1-3H3. The van der Waals surface area contributed by atoms with Gasteiger partial charge in [0.15, 0.2) is 0 Å². The average molecular weight is 394 g/mol. The largest absolute Gasteiger partial charge is 0.280 e. The first-order valence-corrected chi connectivity index (χ1v) is 12.1. The van der Waals surface area contributed by atoms with Gasteiger partial charge in [0.2, 0.25) is 0 Å². The van der Waals surface area contributed by atoms with E-state index in [0.29, 0.717) is 6.04 Å². The zero-order valence-corrected chi connectivity index (χ0v) is 18.1. The molecule has 140 valence electrons. The van der Waals surface area contributed by atoms with Crippen LogP contribution in [0.4, 0.5) is 0 Å². The molecule has 1 N–H and O–H groups in total. The van der Waals surface area contributed by atoms with Crippen molar-refractivity contribution in [2.45, 2.75) is 26.8 Å². The Morgan fingerprint density at radius 2 is 1.11 bits per heavy atom. The first-order chi connectivity index (χ1) is 13.2. The van der Waals surface area contributed by atoms with Gasteiger partial charge in [-0.3, -0.25) is 5.09 Å². The predicted octanol–water partition coefficient (Wildman–Crippen LogP) is 4.99. The molecule has 27 heavy (non-hydrogen) atoms. The van der Waals surface area contributed by atoms with Gasteiger partial charge < -0.3 is 0 Å². The third-order valence-electron chi connectivity index (χ3n) is 4.18. The van der Waals surface area contributed by atoms with Crippen molar-refractivity contribution in [2.24, 2.45) is 0 Å². The minimum atomic E-state index is -0.633. The molecule has 3 aromatic carbocycles. The van der Waals surface area contributed by atoms with Crippen LogP contribution in [0.1, 0.15) is 20.8 Å². The van der Waals surface area contributed by atoms with Crippen LogP contribution in [0.15, 0.2) is 91.0 Å². The normalized spacial score (nSPS) is 12.7. The van der Waals surface area contributed by atoms with Crippen LogP contribution in [-0.4, -0.2) is 17.0 Å². The van der Waals surface area contributed by atoms with E-state index < -0.39 is 16.3 Å². The Hall–Kier alpha value is -1.56. The molecule has 4 heteroatoms. The molecule has 1 atom stereocenters. The van der Waals surface area contributed by atoms with Crippen LogP contribution in [-0.2, 0) is 0 Å². The smallest absolute Gasteiger partial charge is 0.0741 e. The van der Waals surface area contributed by atoms with Crippen LogP contribution >= 0.6 is 16.3 Å². The zero-order chi connectivity index (χ0) is 19.1. The van der Waals surface area contributed by atoms with Gasteiger partial charge in [0, 0.05) is 19.4 Å². The van der Waals surface area contributed by atoms with Crippen molar-refractivity contribution >= 4 is 32.2 Å². The first kappa shape index (κ1) is 20.2. The van der Waals surface area contributed by atoms with E-state index in [0.717, 1.165) is 6.54 Å². The molecule has 0 heterocycles. The van der Waals surface area contributed by atoms with E-state index in [1.807, 2.05) is 0 Å². The van der Waals surface area contributed by atoms with Gasteiger partial charge in [-0.15, -0.1) is 0 Å². The quantitative estimate of drug-likeness (QED) is 0.542. The highest BCUT2D eigenvalue weighted by atomic mass is 31.2.